The number of ether oxygens (including phenoxy) is 2. The molecule has 1 N–H and O–H groups in total. The fraction of sp³-hybridized carbons (Fsp3) is 0.787. The lowest BCUT2D eigenvalue weighted by atomic mass is 10.0. The van der Waals surface area contributed by atoms with Gasteiger partial charge in [-0.25, -0.2) is 0 Å². The third-order valence-corrected chi connectivity index (χ3v) is 15.7. The van der Waals surface area contributed by atoms with E-state index in [1.807, 2.05) is 0 Å². The Bertz CT molecular complexity index is 1450. The fourth-order valence-corrected chi connectivity index (χ4v) is 10.4. The van der Waals surface area contributed by atoms with Crippen LogP contribution < -0.4 is 0 Å². The van der Waals surface area contributed by atoms with Crippen molar-refractivity contribution in [3.63, 3.8) is 0 Å². The van der Waals surface area contributed by atoms with Gasteiger partial charge in [-0.15, -0.1) is 0 Å². The van der Waals surface area contributed by atoms with E-state index in [-0.39, 0.29) is 25.2 Å². The van der Waals surface area contributed by atoms with Gasteiger partial charge >= 0.3 is 11.9 Å². The van der Waals surface area contributed by atoms with Gasteiger partial charge in [-0.05, 0) is 89.9 Å². The van der Waals surface area contributed by atoms with Gasteiger partial charge in [0.1, 0.15) is 6.61 Å². The summed E-state index contributed by atoms with van der Waals surface area (Å²) in [4.78, 5) is 24.7. The molecule has 0 radical (unpaired) electrons. The summed E-state index contributed by atoms with van der Waals surface area (Å²) < 4.78 is 10.8. The van der Waals surface area contributed by atoms with E-state index >= 15 is 0 Å². The molecule has 5 heteroatoms. The second kappa shape index (κ2) is 70.3. The number of allylic oxidation sites excluding steroid dienone is 14. The van der Waals surface area contributed by atoms with Crippen molar-refractivity contribution in [1.29, 1.82) is 0 Å². The molecule has 0 aliphatic heterocycles. The summed E-state index contributed by atoms with van der Waals surface area (Å²) in [7, 11) is 0. The molecule has 0 spiro atoms. The molecule has 0 saturated heterocycles. The lowest BCUT2D eigenvalue weighted by Gasteiger charge is -2.15. The summed E-state index contributed by atoms with van der Waals surface area (Å²) in [6.07, 6.45) is 99.0. The predicted octanol–water partition coefficient (Wildman–Crippen LogP) is 24.4. The minimum absolute atomic E-state index is 0.0628. The van der Waals surface area contributed by atoms with Crippen molar-refractivity contribution in [3.05, 3.63) is 85.1 Å². The van der Waals surface area contributed by atoms with Gasteiger partial charge in [0.2, 0.25) is 0 Å². The molecule has 0 aliphatic carbocycles. The fourth-order valence-electron chi connectivity index (χ4n) is 10.4. The second-order valence-electron chi connectivity index (χ2n) is 23.6. The van der Waals surface area contributed by atoms with Gasteiger partial charge in [-0.2, -0.15) is 0 Å². The third kappa shape index (κ3) is 67.6. The van der Waals surface area contributed by atoms with Gasteiger partial charge in [-0.1, -0.05) is 343 Å². The van der Waals surface area contributed by atoms with Crippen LogP contribution in [0.5, 0.6) is 0 Å². The molecule has 0 heterocycles. The number of esters is 2. The number of aliphatic hydroxyl groups is 1. The Morgan fingerprint density at radius 2 is 0.537 bits per heavy atom. The molecule has 0 bridgehead atoms. The monoisotopic (exact) mass is 1120 g/mol. The van der Waals surface area contributed by atoms with E-state index < -0.39 is 6.10 Å². The molecule has 1 unspecified atom stereocenters. The Hall–Kier alpha value is -2.92. The summed E-state index contributed by atoms with van der Waals surface area (Å²) in [6, 6.07) is 0. The smallest absolute Gasteiger partial charge is 0.306 e. The normalized spacial score (nSPS) is 12.7. The zero-order chi connectivity index (χ0) is 57.6. The van der Waals surface area contributed by atoms with E-state index in [1.165, 1.54) is 257 Å². The van der Waals surface area contributed by atoms with Gasteiger partial charge in [-0.3, -0.25) is 9.59 Å². The highest BCUT2D eigenvalue weighted by molar-refractivity contribution is 5.70. The van der Waals surface area contributed by atoms with E-state index in [4.69, 9.17) is 9.47 Å². The standard InChI is InChI=1S/C75H134O5/c1-3-5-7-9-11-13-15-17-19-21-23-25-27-29-31-33-34-35-36-37-38-39-40-42-44-46-48-50-52-54-56-58-60-62-64-66-68-70-75(78)80-73(71-76)72-79-74(77)69-67-65-63-61-59-57-55-53-51-49-47-45-43-41-32-30-28-26-24-22-20-18-16-14-12-10-8-6-4-2/h5,7,11,13,16-19,22-25,29,31,73,76H,3-4,6,8-10,12,14-15,20-21,26-28,30,32-72H2,1-2H3/b7-5-,13-11-,18-16-,19-17-,24-22-,25-23-,31-29-. The van der Waals surface area contributed by atoms with Crippen LogP contribution in [0.3, 0.4) is 0 Å². The molecule has 464 valence electrons. The van der Waals surface area contributed by atoms with Crippen LogP contribution in [0.4, 0.5) is 0 Å². The highest BCUT2D eigenvalue weighted by Crippen LogP contribution is 2.18. The minimum atomic E-state index is -0.774. The Morgan fingerprint density at radius 1 is 0.300 bits per heavy atom. The number of carbonyl (C=O) groups is 2. The molecule has 80 heavy (non-hydrogen) atoms. The van der Waals surface area contributed by atoms with E-state index in [0.29, 0.717) is 12.8 Å². The van der Waals surface area contributed by atoms with Crippen molar-refractivity contribution in [3.8, 4) is 0 Å². The van der Waals surface area contributed by atoms with Crippen LogP contribution >= 0.6 is 0 Å². The quantitative estimate of drug-likeness (QED) is 0.0373. The molecule has 0 amide bonds. The van der Waals surface area contributed by atoms with Gasteiger partial charge in [0.05, 0.1) is 6.61 Å². The summed E-state index contributed by atoms with van der Waals surface area (Å²) in [5, 5.41) is 9.70. The molecule has 0 aromatic carbocycles. The van der Waals surface area contributed by atoms with Crippen LogP contribution in [0.2, 0.25) is 0 Å². The molecule has 0 rings (SSSR count). The van der Waals surface area contributed by atoms with Crippen molar-refractivity contribution in [2.45, 2.75) is 367 Å². The third-order valence-electron chi connectivity index (χ3n) is 15.7. The Labute approximate surface area is 498 Å². The highest BCUT2D eigenvalue weighted by atomic mass is 16.6. The maximum atomic E-state index is 12.4. The number of aliphatic hydroxyl groups excluding tert-OH is 1. The molecular weight excluding hydrogens is 981 g/mol. The molecule has 0 fully saturated rings. The lowest BCUT2D eigenvalue weighted by Crippen LogP contribution is -2.28. The minimum Gasteiger partial charge on any atom is -0.462 e. The summed E-state index contributed by atoms with van der Waals surface area (Å²) in [5.41, 5.74) is 0. The van der Waals surface area contributed by atoms with Gasteiger partial charge in [0.25, 0.3) is 0 Å². The number of unbranched alkanes of at least 4 members (excludes halogenated alkanes) is 43. The van der Waals surface area contributed by atoms with E-state index in [9.17, 15) is 14.7 Å². The largest absolute Gasteiger partial charge is 0.462 e. The van der Waals surface area contributed by atoms with Crippen molar-refractivity contribution < 1.29 is 24.2 Å². The molecule has 0 aromatic heterocycles. The SMILES string of the molecule is CC/C=C\C/C=C\C/C=C\C/C=C\C/C=C\CCCCCCCCCCCCCCCCCCCCCCCC(=O)OC(CO)COC(=O)CCCCCCCCCCCCCCCCCCC/C=C\C/C=C\CCCCCCC. The van der Waals surface area contributed by atoms with E-state index in [1.54, 1.807) is 0 Å². The average molecular weight is 1120 g/mol. The number of rotatable bonds is 65. The van der Waals surface area contributed by atoms with Gasteiger partial charge in [0.15, 0.2) is 6.10 Å². The van der Waals surface area contributed by atoms with Crippen LogP contribution in [0.15, 0.2) is 85.1 Å². The maximum Gasteiger partial charge on any atom is 0.306 e. The second-order valence-corrected chi connectivity index (χ2v) is 23.6. The van der Waals surface area contributed by atoms with Crippen molar-refractivity contribution >= 4 is 11.9 Å². The molecular formula is C75H134O5. The Balaban J connectivity index is 3.42. The average Bonchev–Trinajstić information content (AvgIpc) is 3.46. The predicted molar refractivity (Wildman–Crippen MR) is 353 cm³/mol. The van der Waals surface area contributed by atoms with E-state index in [0.717, 1.165) is 77.0 Å². The zero-order valence-corrected chi connectivity index (χ0v) is 53.3. The van der Waals surface area contributed by atoms with Crippen molar-refractivity contribution in [1.82, 2.24) is 0 Å². The molecule has 0 aliphatic rings. The lowest BCUT2D eigenvalue weighted by molar-refractivity contribution is -0.161. The van der Waals surface area contributed by atoms with Crippen LogP contribution in [0, 0.1) is 0 Å². The first kappa shape index (κ1) is 77.1. The number of carbonyl (C=O) groups excluding carboxylic acids is 2. The van der Waals surface area contributed by atoms with E-state index in [2.05, 4.69) is 98.9 Å². The van der Waals surface area contributed by atoms with Crippen molar-refractivity contribution in [2.75, 3.05) is 13.2 Å². The summed E-state index contributed by atoms with van der Waals surface area (Å²) in [6.45, 7) is 4.06. The Kier molecular flexibility index (Phi) is 67.8. The number of hydrogen-bond donors (Lipinski definition) is 1. The molecule has 0 aromatic rings. The molecule has 5 nitrogen and oxygen atoms in total. The maximum absolute atomic E-state index is 12.4. The summed E-state index contributed by atoms with van der Waals surface area (Å²) >= 11 is 0. The summed E-state index contributed by atoms with van der Waals surface area (Å²) in [5.74, 6) is -0.572. The van der Waals surface area contributed by atoms with Crippen LogP contribution in [0.25, 0.3) is 0 Å². The van der Waals surface area contributed by atoms with Crippen LogP contribution in [-0.2, 0) is 19.1 Å². The first-order valence-corrected chi connectivity index (χ1v) is 35.1. The molecule has 1 atom stereocenters. The first-order valence-electron chi connectivity index (χ1n) is 35.1. The molecule has 0 saturated carbocycles. The zero-order valence-electron chi connectivity index (χ0n) is 53.3. The first-order chi connectivity index (χ1) is 39.6. The number of hydrogen-bond acceptors (Lipinski definition) is 5. The highest BCUT2D eigenvalue weighted by Gasteiger charge is 2.16. The van der Waals surface area contributed by atoms with Crippen LogP contribution in [-0.4, -0.2) is 36.4 Å². The van der Waals surface area contributed by atoms with Gasteiger partial charge < -0.3 is 14.6 Å². The van der Waals surface area contributed by atoms with Gasteiger partial charge in [0, 0.05) is 12.8 Å². The Morgan fingerprint density at radius 3 is 0.812 bits per heavy atom. The topological polar surface area (TPSA) is 72.8 Å². The van der Waals surface area contributed by atoms with Crippen molar-refractivity contribution in [2.24, 2.45) is 0 Å². The van der Waals surface area contributed by atoms with Crippen LogP contribution in [0.1, 0.15) is 361 Å².